The van der Waals surface area contributed by atoms with Crippen LogP contribution >= 0.6 is 11.3 Å². The van der Waals surface area contributed by atoms with Gasteiger partial charge in [-0.3, -0.25) is 13.7 Å². The third-order valence-electron chi connectivity index (χ3n) is 6.12. The van der Waals surface area contributed by atoms with Crippen molar-refractivity contribution in [2.45, 2.75) is 94.5 Å². The number of hydrogen-bond acceptors (Lipinski definition) is 5. The molecule has 0 aliphatic heterocycles. The van der Waals surface area contributed by atoms with E-state index in [-0.39, 0.29) is 16.7 Å². The Morgan fingerprint density at radius 2 is 1.64 bits per heavy atom. The standard InChI is InChI=1S/C18H41N3O3S2Si2/c1-16(2,3)27(8,9)21-26(19,23)14-12-20-15(25-14)18(7,22)13-24-28(10,11)17(4,5)6/h12,22,26H,13H2,1-11H3,(H3,19,21,23). The highest BCUT2D eigenvalue weighted by molar-refractivity contribution is 8.02. The fourth-order valence-electron chi connectivity index (χ4n) is 1.91. The molecule has 4 N–H and O–H groups in total. The molecule has 1 unspecified atom stereocenters. The van der Waals surface area contributed by atoms with Gasteiger partial charge in [0.25, 0.3) is 0 Å². The first kappa shape index (κ1) is 26.1. The largest absolute Gasteiger partial charge is 0.413 e. The molecule has 1 heterocycles. The number of nitrogens with two attached hydrogens (primary N) is 1. The first-order chi connectivity index (χ1) is 12.1. The van der Waals surface area contributed by atoms with Crippen molar-refractivity contribution in [3.8, 4) is 0 Å². The first-order valence-corrected chi connectivity index (χ1v) is 18.1. The van der Waals surface area contributed by atoms with E-state index >= 15 is 0 Å². The van der Waals surface area contributed by atoms with Gasteiger partial charge in [0.15, 0.2) is 8.32 Å². The lowest BCUT2D eigenvalue weighted by molar-refractivity contribution is 0.00244. The summed E-state index contributed by atoms with van der Waals surface area (Å²) in [6.07, 6.45) is 1.53. The molecule has 1 aromatic heterocycles. The molecule has 10 heteroatoms. The lowest BCUT2D eigenvalue weighted by Gasteiger charge is -2.40. The van der Waals surface area contributed by atoms with Crippen molar-refractivity contribution in [1.82, 2.24) is 9.37 Å². The van der Waals surface area contributed by atoms with E-state index in [0.717, 1.165) is 0 Å². The van der Waals surface area contributed by atoms with Gasteiger partial charge in [-0.15, -0.1) is 11.3 Å². The maximum absolute atomic E-state index is 13.2. The molecule has 6 nitrogen and oxygen atoms in total. The molecule has 166 valence electrons. The Hall–Kier alpha value is 0.0538. The lowest BCUT2D eigenvalue weighted by atomic mass is 10.1. The highest BCUT2D eigenvalue weighted by Gasteiger charge is 2.41. The quantitative estimate of drug-likeness (QED) is 0.358. The van der Waals surface area contributed by atoms with E-state index in [2.05, 4.69) is 77.1 Å². The summed E-state index contributed by atoms with van der Waals surface area (Å²) >= 11 is 1.20. The predicted octanol–water partition coefficient (Wildman–Crippen LogP) is 4.13. The van der Waals surface area contributed by atoms with Gasteiger partial charge in [0.1, 0.15) is 23.1 Å². The third-order valence-corrected chi connectivity index (χ3v) is 20.8. The summed E-state index contributed by atoms with van der Waals surface area (Å²) in [6, 6.07) is 0. The molecule has 0 bridgehead atoms. The van der Waals surface area contributed by atoms with Crippen LogP contribution < -0.4 is 9.53 Å². The minimum Gasteiger partial charge on any atom is -0.413 e. The van der Waals surface area contributed by atoms with Crippen molar-refractivity contribution < 1.29 is 13.7 Å². The molecule has 0 amide bonds. The Labute approximate surface area is 178 Å². The van der Waals surface area contributed by atoms with Gasteiger partial charge in [-0.1, -0.05) is 54.6 Å². The highest BCUT2D eigenvalue weighted by atomic mass is 32.3. The van der Waals surface area contributed by atoms with Crippen LogP contribution in [0, 0.1) is 0 Å². The molecule has 1 rings (SSSR count). The van der Waals surface area contributed by atoms with Gasteiger partial charge in [0.05, 0.1) is 12.8 Å². The van der Waals surface area contributed by atoms with Crippen molar-refractivity contribution in [2.24, 2.45) is 5.14 Å². The number of nitrogens with zero attached hydrogens (tertiary/aromatic N) is 1. The minimum absolute atomic E-state index is 0.00194. The summed E-state index contributed by atoms with van der Waals surface area (Å²) in [5.41, 5.74) is -1.25. The van der Waals surface area contributed by atoms with E-state index in [4.69, 9.17) is 9.56 Å². The first-order valence-electron chi connectivity index (χ1n) is 9.64. The van der Waals surface area contributed by atoms with Gasteiger partial charge in [0.2, 0.25) is 0 Å². The van der Waals surface area contributed by atoms with Gasteiger partial charge in [-0.05, 0) is 30.1 Å². The third kappa shape index (κ3) is 6.04. The van der Waals surface area contributed by atoms with E-state index in [9.17, 15) is 9.32 Å². The Kier molecular flexibility index (Phi) is 7.41. The number of rotatable bonds is 7. The number of aromatic nitrogens is 1. The molecule has 0 spiro atoms. The molecule has 0 aromatic carbocycles. The summed E-state index contributed by atoms with van der Waals surface area (Å²) in [5.74, 6) is 0. The monoisotopic (exact) mass is 467 g/mol. The van der Waals surface area contributed by atoms with E-state index < -0.39 is 32.5 Å². The van der Waals surface area contributed by atoms with E-state index in [0.29, 0.717) is 9.22 Å². The van der Waals surface area contributed by atoms with E-state index in [1.165, 1.54) is 17.5 Å². The van der Waals surface area contributed by atoms with E-state index in [1.54, 1.807) is 6.92 Å². The number of nitrogens with one attached hydrogen (secondary N) is 1. The van der Waals surface area contributed by atoms with Crippen molar-refractivity contribution in [1.29, 1.82) is 0 Å². The smallest absolute Gasteiger partial charge is 0.192 e. The average molecular weight is 468 g/mol. The predicted molar refractivity (Wildman–Crippen MR) is 127 cm³/mol. The summed E-state index contributed by atoms with van der Waals surface area (Å²) < 4.78 is 23.2. The van der Waals surface area contributed by atoms with Crippen LogP contribution in [0.1, 0.15) is 53.5 Å². The molecule has 1 aromatic rings. The molecular weight excluding hydrogens is 427 g/mol. The Bertz CT molecular complexity index is 735. The van der Waals surface area contributed by atoms with Crippen LogP contribution in [-0.2, 0) is 20.3 Å². The van der Waals surface area contributed by atoms with Crippen molar-refractivity contribution in [3.05, 3.63) is 11.2 Å². The van der Waals surface area contributed by atoms with Gasteiger partial charge in [0, 0.05) is 10.3 Å². The summed E-state index contributed by atoms with van der Waals surface area (Å²) in [4.78, 5) is 4.34. The molecule has 0 fully saturated rings. The molecule has 0 saturated carbocycles. The second-order valence-corrected chi connectivity index (χ2v) is 24.6. The summed E-state index contributed by atoms with van der Waals surface area (Å²) in [5, 5.41) is 17.7. The molecule has 28 heavy (non-hydrogen) atoms. The Morgan fingerprint density at radius 3 is 2.07 bits per heavy atom. The number of thiol groups is 1. The number of hydrogen-bond donors (Lipinski definition) is 4. The van der Waals surface area contributed by atoms with Crippen LogP contribution in [0.5, 0.6) is 0 Å². The SMILES string of the molecule is CC(O)(CO[Si](C)(C)C(C)(C)C)c1ncc([SH](N)(=O)N[Si](C)(C)C(C)(C)C)s1. The van der Waals surface area contributed by atoms with Crippen molar-refractivity contribution in [3.63, 3.8) is 0 Å². The molecule has 0 aliphatic rings. The molecule has 1 atom stereocenters. The van der Waals surface area contributed by atoms with Crippen LogP contribution in [0.3, 0.4) is 0 Å². The second kappa shape index (κ2) is 7.95. The van der Waals surface area contributed by atoms with Crippen LogP contribution in [0.25, 0.3) is 0 Å². The Balaban J connectivity index is 3.02. The molecule has 0 radical (unpaired) electrons. The second-order valence-electron chi connectivity index (χ2n) is 11.0. The van der Waals surface area contributed by atoms with Crippen LogP contribution in [0.15, 0.2) is 10.4 Å². The minimum atomic E-state index is -3.27. The zero-order chi connectivity index (χ0) is 22.4. The van der Waals surface area contributed by atoms with Gasteiger partial charge >= 0.3 is 0 Å². The topological polar surface area (TPSA) is 97.5 Å². The molecular formula is C18H41N3O3S2Si2. The van der Waals surface area contributed by atoms with Crippen LogP contribution in [0.2, 0.25) is 36.3 Å². The zero-order valence-electron chi connectivity index (χ0n) is 19.4. The molecule has 0 aliphatic carbocycles. The maximum atomic E-state index is 13.2. The fraction of sp³-hybridized carbons (Fsp3) is 0.833. The van der Waals surface area contributed by atoms with Gasteiger partial charge in [-0.2, -0.15) is 0 Å². The summed E-state index contributed by atoms with van der Waals surface area (Å²) in [7, 11) is -7.33. The maximum Gasteiger partial charge on any atom is 0.192 e. The summed E-state index contributed by atoms with van der Waals surface area (Å²) in [6.45, 7) is 23.3. The zero-order valence-corrected chi connectivity index (χ0v) is 23.1. The fourth-order valence-corrected chi connectivity index (χ4v) is 10.2. The van der Waals surface area contributed by atoms with Gasteiger partial charge < -0.3 is 9.53 Å². The number of aliphatic hydroxyl groups is 1. The highest BCUT2D eigenvalue weighted by Crippen LogP contribution is 2.39. The number of thiazole rings is 1. The molecule has 0 saturated heterocycles. The Morgan fingerprint density at radius 1 is 1.14 bits per heavy atom. The van der Waals surface area contributed by atoms with Gasteiger partial charge in [-0.25, -0.2) is 4.98 Å². The van der Waals surface area contributed by atoms with Crippen molar-refractivity contribution >= 4 is 38.2 Å². The van der Waals surface area contributed by atoms with Crippen LogP contribution in [-0.4, -0.2) is 37.5 Å². The van der Waals surface area contributed by atoms with E-state index in [1.807, 2.05) is 0 Å². The lowest BCUT2D eigenvalue weighted by Crippen LogP contribution is -2.59. The normalized spacial score (nSPS) is 17.5. The van der Waals surface area contributed by atoms with Crippen molar-refractivity contribution in [2.75, 3.05) is 6.61 Å². The average Bonchev–Trinajstić information content (AvgIpc) is 2.93. The van der Waals surface area contributed by atoms with Crippen LogP contribution in [0.4, 0.5) is 0 Å².